The number of hydrogen-bond donors (Lipinski definition) is 1. The molecular formula is C12H15N3O3S. The van der Waals surface area contributed by atoms with Gasteiger partial charge in [-0.3, -0.25) is 4.79 Å². The number of rotatable bonds is 2. The Hall–Kier alpha value is -1.89. The molecule has 1 aromatic heterocycles. The summed E-state index contributed by atoms with van der Waals surface area (Å²) < 4.78 is 4.65. The molecule has 2 amide bonds. The minimum atomic E-state index is -0.318. The van der Waals surface area contributed by atoms with Crippen LogP contribution in [0.2, 0.25) is 0 Å². The summed E-state index contributed by atoms with van der Waals surface area (Å²) in [6.45, 7) is 1.14. The number of nitrogens with one attached hydrogen (secondary N) is 1. The highest BCUT2D eigenvalue weighted by molar-refractivity contribution is 7.12. The van der Waals surface area contributed by atoms with Crippen LogP contribution in [0.15, 0.2) is 22.6 Å². The quantitative estimate of drug-likeness (QED) is 0.839. The summed E-state index contributed by atoms with van der Waals surface area (Å²) in [6.07, 6.45) is 0.987. The van der Waals surface area contributed by atoms with Crippen LogP contribution in [0, 0.1) is 0 Å². The Labute approximate surface area is 115 Å². The second kappa shape index (κ2) is 6.33. The molecule has 0 aromatic carbocycles. The molecule has 1 aliphatic heterocycles. The van der Waals surface area contributed by atoms with Crippen LogP contribution in [0.5, 0.6) is 0 Å². The van der Waals surface area contributed by atoms with Gasteiger partial charge in [0.05, 0.1) is 12.0 Å². The number of nitrogens with zero attached hydrogens (tertiary/aromatic N) is 2. The normalized spacial score (nSPS) is 15.0. The molecule has 1 aliphatic rings. The zero-order valence-corrected chi connectivity index (χ0v) is 11.4. The van der Waals surface area contributed by atoms with Crippen LogP contribution in [0.25, 0.3) is 0 Å². The maximum atomic E-state index is 11.7. The first-order chi connectivity index (χ1) is 9.20. The number of hydrogen-bond acceptors (Lipinski definition) is 5. The molecule has 6 nitrogen and oxygen atoms in total. The van der Waals surface area contributed by atoms with E-state index in [9.17, 15) is 9.59 Å². The Morgan fingerprint density at radius 1 is 1.42 bits per heavy atom. The number of methoxy groups -OCH3 is 1. The molecule has 2 rings (SSSR count). The van der Waals surface area contributed by atoms with Gasteiger partial charge in [0.15, 0.2) is 0 Å². The first kappa shape index (κ1) is 13.5. The van der Waals surface area contributed by atoms with Gasteiger partial charge in [-0.05, 0) is 11.4 Å². The molecule has 1 aromatic rings. The lowest BCUT2D eigenvalue weighted by molar-refractivity contribution is 0.0957. The van der Waals surface area contributed by atoms with Gasteiger partial charge in [-0.25, -0.2) is 10.2 Å². The molecule has 0 saturated carbocycles. The summed E-state index contributed by atoms with van der Waals surface area (Å²) in [5.41, 5.74) is 3.43. The molecule has 0 radical (unpaired) electrons. The monoisotopic (exact) mass is 281 g/mol. The summed E-state index contributed by atoms with van der Waals surface area (Å²) in [4.78, 5) is 25.2. The van der Waals surface area contributed by atoms with Crippen LogP contribution >= 0.6 is 11.3 Å². The van der Waals surface area contributed by atoms with Crippen molar-refractivity contribution < 1.29 is 14.3 Å². The van der Waals surface area contributed by atoms with Gasteiger partial charge in [0, 0.05) is 31.6 Å². The topological polar surface area (TPSA) is 71.0 Å². The number of carbonyl (C=O) groups excluding carboxylic acids is 2. The summed E-state index contributed by atoms with van der Waals surface area (Å²) in [5, 5.41) is 5.95. The molecule has 19 heavy (non-hydrogen) atoms. The first-order valence-electron chi connectivity index (χ1n) is 5.93. The van der Waals surface area contributed by atoms with Gasteiger partial charge in [0.2, 0.25) is 0 Å². The minimum Gasteiger partial charge on any atom is -0.453 e. The number of ether oxygens (including phenoxy) is 1. The summed E-state index contributed by atoms with van der Waals surface area (Å²) in [5.74, 6) is -0.196. The lowest BCUT2D eigenvalue weighted by atomic mass is 10.1. The average molecular weight is 281 g/mol. The molecule has 0 bridgehead atoms. The van der Waals surface area contributed by atoms with Crippen LogP contribution in [0.3, 0.4) is 0 Å². The Balaban J connectivity index is 1.83. The van der Waals surface area contributed by atoms with E-state index in [1.165, 1.54) is 18.4 Å². The Morgan fingerprint density at radius 3 is 2.74 bits per heavy atom. The predicted octanol–water partition coefficient (Wildman–Crippen LogP) is 1.70. The zero-order chi connectivity index (χ0) is 13.7. The number of hydrazone groups is 1. The van der Waals surface area contributed by atoms with E-state index in [1.54, 1.807) is 11.0 Å². The van der Waals surface area contributed by atoms with E-state index in [4.69, 9.17) is 0 Å². The van der Waals surface area contributed by atoms with Gasteiger partial charge in [0.25, 0.3) is 5.91 Å². The molecule has 1 saturated heterocycles. The van der Waals surface area contributed by atoms with E-state index in [1.807, 2.05) is 11.4 Å². The van der Waals surface area contributed by atoms with Gasteiger partial charge < -0.3 is 9.64 Å². The Morgan fingerprint density at radius 2 is 2.16 bits per heavy atom. The van der Waals surface area contributed by atoms with Crippen molar-refractivity contribution in [2.75, 3.05) is 20.2 Å². The van der Waals surface area contributed by atoms with Crippen molar-refractivity contribution in [2.45, 2.75) is 12.8 Å². The first-order valence-corrected chi connectivity index (χ1v) is 6.81. The second-order valence-electron chi connectivity index (χ2n) is 4.05. The number of likely N-dealkylation sites (tertiary alicyclic amines) is 1. The Bertz CT molecular complexity index is 474. The molecule has 0 unspecified atom stereocenters. The number of thiophene rings is 1. The van der Waals surface area contributed by atoms with Gasteiger partial charge >= 0.3 is 6.09 Å². The molecule has 102 valence electrons. The van der Waals surface area contributed by atoms with E-state index < -0.39 is 0 Å². The van der Waals surface area contributed by atoms with Crippen molar-refractivity contribution in [3.8, 4) is 0 Å². The fourth-order valence-corrected chi connectivity index (χ4v) is 2.39. The van der Waals surface area contributed by atoms with Crippen molar-refractivity contribution in [2.24, 2.45) is 5.10 Å². The number of amides is 2. The highest BCUT2D eigenvalue weighted by atomic mass is 32.1. The van der Waals surface area contributed by atoms with E-state index >= 15 is 0 Å². The summed E-state index contributed by atoms with van der Waals surface area (Å²) in [6, 6.07) is 3.57. The molecule has 0 aliphatic carbocycles. The fraction of sp³-hybridized carbons (Fsp3) is 0.417. The average Bonchev–Trinajstić information content (AvgIpc) is 2.98. The van der Waals surface area contributed by atoms with Gasteiger partial charge in [-0.15, -0.1) is 11.3 Å². The van der Waals surface area contributed by atoms with Crippen molar-refractivity contribution in [1.29, 1.82) is 0 Å². The van der Waals surface area contributed by atoms with Crippen molar-refractivity contribution in [1.82, 2.24) is 10.3 Å². The molecule has 2 heterocycles. The van der Waals surface area contributed by atoms with Crippen molar-refractivity contribution in [3.63, 3.8) is 0 Å². The van der Waals surface area contributed by atoms with Gasteiger partial charge in [-0.1, -0.05) is 6.07 Å². The number of carbonyl (C=O) groups is 2. The van der Waals surface area contributed by atoms with E-state index in [0.29, 0.717) is 30.8 Å². The maximum absolute atomic E-state index is 11.7. The molecule has 0 spiro atoms. The van der Waals surface area contributed by atoms with Crippen molar-refractivity contribution >= 4 is 29.0 Å². The summed E-state index contributed by atoms with van der Waals surface area (Å²) >= 11 is 1.37. The van der Waals surface area contributed by atoms with E-state index in [-0.39, 0.29) is 12.0 Å². The van der Waals surface area contributed by atoms with Crippen LogP contribution < -0.4 is 5.43 Å². The van der Waals surface area contributed by atoms with E-state index in [0.717, 1.165) is 5.71 Å². The van der Waals surface area contributed by atoms with Crippen LogP contribution in [0.1, 0.15) is 22.5 Å². The molecule has 1 fully saturated rings. The third-order valence-electron chi connectivity index (χ3n) is 2.83. The standard InChI is InChI=1S/C12H15N3O3S/c1-18-12(17)15-6-4-9(5-7-15)13-14-11(16)10-3-2-8-19-10/h2-3,8H,4-7H2,1H3,(H,14,16). The SMILES string of the molecule is COC(=O)N1CCC(=NNC(=O)c2cccs2)CC1. The third kappa shape index (κ3) is 3.54. The Kier molecular flexibility index (Phi) is 4.51. The minimum absolute atomic E-state index is 0.196. The van der Waals surface area contributed by atoms with E-state index in [2.05, 4.69) is 15.3 Å². The molecule has 7 heteroatoms. The van der Waals surface area contributed by atoms with Gasteiger partial charge in [-0.2, -0.15) is 5.10 Å². The molecule has 0 atom stereocenters. The molecular weight excluding hydrogens is 266 g/mol. The third-order valence-corrected chi connectivity index (χ3v) is 3.70. The maximum Gasteiger partial charge on any atom is 0.409 e. The highest BCUT2D eigenvalue weighted by Crippen LogP contribution is 2.10. The highest BCUT2D eigenvalue weighted by Gasteiger charge is 2.20. The van der Waals surface area contributed by atoms with Crippen LogP contribution in [0.4, 0.5) is 4.79 Å². The van der Waals surface area contributed by atoms with Crippen molar-refractivity contribution in [3.05, 3.63) is 22.4 Å². The predicted molar refractivity (Wildman–Crippen MR) is 72.4 cm³/mol. The number of piperidine rings is 1. The largest absolute Gasteiger partial charge is 0.453 e. The summed E-state index contributed by atoms with van der Waals surface area (Å²) in [7, 11) is 1.37. The smallest absolute Gasteiger partial charge is 0.409 e. The lowest BCUT2D eigenvalue weighted by Gasteiger charge is -2.26. The zero-order valence-electron chi connectivity index (χ0n) is 10.6. The van der Waals surface area contributed by atoms with Gasteiger partial charge in [0.1, 0.15) is 0 Å². The molecule has 1 N–H and O–H groups in total. The van der Waals surface area contributed by atoms with Crippen LogP contribution in [-0.4, -0.2) is 42.8 Å². The fourth-order valence-electron chi connectivity index (χ4n) is 1.78. The second-order valence-corrected chi connectivity index (χ2v) is 5.00. The lowest BCUT2D eigenvalue weighted by Crippen LogP contribution is -2.39. The van der Waals surface area contributed by atoms with Crippen LogP contribution in [-0.2, 0) is 4.74 Å².